The molecule has 0 unspecified atom stereocenters. The molecule has 36 heavy (non-hydrogen) atoms. The van der Waals surface area contributed by atoms with Gasteiger partial charge in [0.15, 0.2) is 0 Å². The fourth-order valence-electron chi connectivity index (χ4n) is 4.44. The third-order valence-electron chi connectivity index (χ3n) is 6.26. The molecule has 0 saturated heterocycles. The van der Waals surface area contributed by atoms with Crippen molar-refractivity contribution in [3.8, 4) is 6.07 Å². The molecule has 9 nitrogen and oxygen atoms in total. The molecular weight excluding hydrogens is 478 g/mol. The number of nitriles is 1. The summed E-state index contributed by atoms with van der Waals surface area (Å²) in [6, 6.07) is 18.9. The quantitative estimate of drug-likeness (QED) is 0.371. The number of aromatic amines is 2. The van der Waals surface area contributed by atoms with Crippen molar-refractivity contribution in [2.75, 3.05) is 16.2 Å². The number of aryl methyl sites for hydroxylation is 2. The van der Waals surface area contributed by atoms with Gasteiger partial charge in [0.2, 0.25) is 5.91 Å². The number of nitrogens with zero attached hydrogens (tertiary/aromatic N) is 2. The maximum absolute atomic E-state index is 13.0. The van der Waals surface area contributed by atoms with Crippen molar-refractivity contribution in [2.45, 2.75) is 30.6 Å². The summed E-state index contributed by atoms with van der Waals surface area (Å²) in [5.74, 6) is 0.00226. The molecule has 1 aliphatic heterocycles. The lowest BCUT2D eigenvalue weighted by Crippen LogP contribution is -2.35. The number of benzene rings is 3. The molecule has 0 fully saturated rings. The minimum atomic E-state index is -3.88. The molecule has 0 radical (unpaired) electrons. The number of carbonyl (C=O) groups is 1. The number of anilines is 2. The summed E-state index contributed by atoms with van der Waals surface area (Å²) in [5.41, 5.74) is 4.20. The normalized spacial score (nSPS) is 13.2. The van der Waals surface area contributed by atoms with Crippen LogP contribution in [-0.4, -0.2) is 30.8 Å². The molecule has 3 aromatic carbocycles. The van der Waals surface area contributed by atoms with Crippen LogP contribution in [0.4, 0.5) is 11.4 Å². The van der Waals surface area contributed by atoms with Crippen molar-refractivity contribution in [3.63, 3.8) is 0 Å². The van der Waals surface area contributed by atoms with Crippen molar-refractivity contribution >= 4 is 38.3 Å². The summed E-state index contributed by atoms with van der Waals surface area (Å²) >= 11 is 0. The molecule has 0 atom stereocenters. The highest BCUT2D eigenvalue weighted by molar-refractivity contribution is 7.92. The molecule has 0 aliphatic carbocycles. The molecule has 5 rings (SSSR count). The zero-order valence-electron chi connectivity index (χ0n) is 19.2. The molecular formula is C26H23N5O4S. The Hall–Kier alpha value is -4.36. The van der Waals surface area contributed by atoms with Crippen LogP contribution in [0.25, 0.3) is 11.0 Å². The first-order chi connectivity index (χ1) is 17.3. The number of fused-ring (bicyclic) bond motifs is 2. The lowest BCUT2D eigenvalue weighted by Gasteiger charge is -2.30. The monoisotopic (exact) mass is 501 g/mol. The highest BCUT2D eigenvalue weighted by atomic mass is 32.2. The first-order valence-electron chi connectivity index (χ1n) is 11.5. The molecule has 0 bridgehead atoms. The number of aromatic nitrogens is 2. The Bertz CT molecular complexity index is 1660. The van der Waals surface area contributed by atoms with E-state index in [4.69, 9.17) is 5.26 Å². The van der Waals surface area contributed by atoms with E-state index in [1.807, 2.05) is 12.1 Å². The molecule has 1 aliphatic rings. The highest BCUT2D eigenvalue weighted by Gasteiger charge is 2.23. The Morgan fingerprint density at radius 1 is 1.03 bits per heavy atom. The van der Waals surface area contributed by atoms with Gasteiger partial charge in [-0.25, -0.2) is 13.2 Å². The van der Waals surface area contributed by atoms with Crippen molar-refractivity contribution in [3.05, 3.63) is 87.8 Å². The lowest BCUT2D eigenvalue weighted by atomic mass is 10.00. The predicted octanol–water partition coefficient (Wildman–Crippen LogP) is 3.44. The Morgan fingerprint density at radius 3 is 2.58 bits per heavy atom. The average molecular weight is 502 g/mol. The van der Waals surface area contributed by atoms with E-state index in [0.717, 1.165) is 29.7 Å². The van der Waals surface area contributed by atoms with Gasteiger partial charge in [-0.2, -0.15) is 5.26 Å². The zero-order chi connectivity index (χ0) is 25.3. The summed E-state index contributed by atoms with van der Waals surface area (Å²) in [4.78, 5) is 31.4. The number of amides is 1. The summed E-state index contributed by atoms with van der Waals surface area (Å²) in [5, 5.41) is 8.93. The zero-order valence-corrected chi connectivity index (χ0v) is 20.1. The Labute approximate surface area is 207 Å². The van der Waals surface area contributed by atoms with Crippen LogP contribution in [0.15, 0.2) is 70.4 Å². The van der Waals surface area contributed by atoms with E-state index in [1.165, 1.54) is 18.2 Å². The molecule has 3 N–H and O–H groups in total. The van der Waals surface area contributed by atoms with E-state index >= 15 is 0 Å². The van der Waals surface area contributed by atoms with Gasteiger partial charge >= 0.3 is 5.69 Å². The van der Waals surface area contributed by atoms with Gasteiger partial charge in [-0.05, 0) is 78.9 Å². The first-order valence-corrected chi connectivity index (χ1v) is 13.0. The van der Waals surface area contributed by atoms with E-state index in [9.17, 15) is 18.0 Å². The summed E-state index contributed by atoms with van der Waals surface area (Å²) in [6.45, 7) is 0.610. The van der Waals surface area contributed by atoms with Gasteiger partial charge < -0.3 is 14.9 Å². The standard InChI is InChI=1S/C26H23N5O4S/c27-16-18-5-3-17(4-6-18)7-12-25(32)31-13-1-2-19-14-20(8-11-24(19)31)30-36(34,35)21-9-10-22-23(15-21)29-26(33)28-22/h3-6,8-11,14-15,30H,1-2,7,12-13H2,(H2,28,29,33). The van der Waals surface area contributed by atoms with Gasteiger partial charge in [0.1, 0.15) is 0 Å². The second-order valence-electron chi connectivity index (χ2n) is 8.69. The van der Waals surface area contributed by atoms with Crippen LogP contribution in [0.1, 0.15) is 29.5 Å². The molecule has 0 spiro atoms. The largest absolute Gasteiger partial charge is 0.323 e. The SMILES string of the molecule is N#Cc1ccc(CCC(=O)N2CCCc3cc(NS(=O)(=O)c4ccc5[nH]c(=O)[nH]c5c4)ccc32)cc1. The van der Waals surface area contributed by atoms with Crippen LogP contribution in [0, 0.1) is 11.3 Å². The van der Waals surface area contributed by atoms with Gasteiger partial charge in [0.05, 0.1) is 27.6 Å². The number of hydrogen-bond donors (Lipinski definition) is 3. The second-order valence-corrected chi connectivity index (χ2v) is 10.4. The highest BCUT2D eigenvalue weighted by Crippen LogP contribution is 2.31. The first kappa shape index (κ1) is 23.4. The number of hydrogen-bond acceptors (Lipinski definition) is 5. The van der Waals surface area contributed by atoms with Crippen LogP contribution in [0.5, 0.6) is 0 Å². The number of sulfonamides is 1. The fraction of sp³-hybridized carbons (Fsp3) is 0.192. The van der Waals surface area contributed by atoms with E-state index in [-0.39, 0.29) is 10.8 Å². The number of rotatable bonds is 6. The number of H-pyrrole nitrogens is 2. The maximum Gasteiger partial charge on any atom is 0.323 e. The Balaban J connectivity index is 1.31. The lowest BCUT2D eigenvalue weighted by molar-refractivity contribution is -0.118. The Kier molecular flexibility index (Phi) is 6.08. The number of imidazole rings is 1. The van der Waals surface area contributed by atoms with Crippen molar-refractivity contribution < 1.29 is 13.2 Å². The van der Waals surface area contributed by atoms with Crippen molar-refractivity contribution in [2.24, 2.45) is 0 Å². The van der Waals surface area contributed by atoms with Crippen LogP contribution in [-0.2, 0) is 27.7 Å². The van der Waals surface area contributed by atoms with Crippen LogP contribution in [0.3, 0.4) is 0 Å². The van der Waals surface area contributed by atoms with Crippen LogP contribution >= 0.6 is 0 Å². The maximum atomic E-state index is 13.0. The summed E-state index contributed by atoms with van der Waals surface area (Å²) in [7, 11) is -3.88. The fourth-order valence-corrected chi connectivity index (χ4v) is 5.52. The van der Waals surface area contributed by atoms with Crippen molar-refractivity contribution in [1.82, 2.24) is 9.97 Å². The minimum Gasteiger partial charge on any atom is -0.312 e. The minimum absolute atomic E-state index is 0.00226. The Morgan fingerprint density at radius 2 is 1.81 bits per heavy atom. The van der Waals surface area contributed by atoms with E-state index in [2.05, 4.69) is 20.8 Å². The molecule has 0 saturated carbocycles. The molecule has 2 heterocycles. The average Bonchev–Trinajstić information content (AvgIpc) is 3.26. The van der Waals surface area contributed by atoms with Gasteiger partial charge in [-0.15, -0.1) is 0 Å². The molecule has 10 heteroatoms. The summed E-state index contributed by atoms with van der Waals surface area (Å²) in [6.07, 6.45) is 2.43. The topological polar surface area (TPSA) is 139 Å². The molecule has 182 valence electrons. The van der Waals surface area contributed by atoms with Gasteiger partial charge in [-0.1, -0.05) is 12.1 Å². The van der Waals surface area contributed by atoms with Gasteiger partial charge in [0.25, 0.3) is 10.0 Å². The summed E-state index contributed by atoms with van der Waals surface area (Å²) < 4.78 is 28.5. The van der Waals surface area contributed by atoms with Crippen LogP contribution in [0.2, 0.25) is 0 Å². The number of nitrogens with one attached hydrogen (secondary N) is 3. The second kappa shape index (κ2) is 9.36. The molecule has 1 aromatic heterocycles. The molecule has 1 amide bonds. The van der Waals surface area contributed by atoms with Gasteiger partial charge in [0, 0.05) is 24.3 Å². The van der Waals surface area contributed by atoms with Crippen LogP contribution < -0.4 is 15.3 Å². The number of carbonyl (C=O) groups excluding carboxylic acids is 1. The van der Waals surface area contributed by atoms with E-state index in [1.54, 1.807) is 35.2 Å². The third kappa shape index (κ3) is 4.74. The van der Waals surface area contributed by atoms with Gasteiger partial charge in [-0.3, -0.25) is 9.52 Å². The van der Waals surface area contributed by atoms with E-state index < -0.39 is 15.7 Å². The smallest absolute Gasteiger partial charge is 0.312 e. The van der Waals surface area contributed by atoms with E-state index in [0.29, 0.717) is 41.7 Å². The molecule has 4 aromatic rings. The predicted molar refractivity (Wildman–Crippen MR) is 136 cm³/mol. The van der Waals surface area contributed by atoms with Crippen molar-refractivity contribution in [1.29, 1.82) is 5.26 Å². The third-order valence-corrected chi connectivity index (χ3v) is 7.64.